The number of rotatable bonds is 7. The van der Waals surface area contributed by atoms with Crippen molar-refractivity contribution in [1.29, 1.82) is 0 Å². The predicted octanol–water partition coefficient (Wildman–Crippen LogP) is 1.96. The summed E-state index contributed by atoms with van der Waals surface area (Å²) in [5.41, 5.74) is 1.81. The maximum Gasteiger partial charge on any atom is 0.275 e. The summed E-state index contributed by atoms with van der Waals surface area (Å²) in [7, 11) is 1.98. The molecule has 0 aliphatic carbocycles. The third kappa shape index (κ3) is 6.12. The van der Waals surface area contributed by atoms with Gasteiger partial charge in [-0.05, 0) is 30.2 Å². The number of hydrogen-bond acceptors (Lipinski definition) is 1. The number of likely N-dealkylation sites (N-methyl/N-ethyl adjacent to an activating group) is 1. The van der Waals surface area contributed by atoms with E-state index in [1.165, 1.54) is 11.6 Å². The van der Waals surface area contributed by atoms with E-state index < -0.39 is 0 Å². The molecule has 0 radical (unpaired) electrons. The van der Waals surface area contributed by atoms with Gasteiger partial charge in [0.2, 0.25) is 0 Å². The first-order valence-electron chi connectivity index (χ1n) is 7.60. The Kier molecular flexibility index (Phi) is 6.74. The Labute approximate surface area is 144 Å². The predicted molar refractivity (Wildman–Crippen MR) is 92.7 cm³/mol. The molecule has 0 bridgehead atoms. The molecular weight excluding hydrogens is 359 g/mol. The molecule has 23 heavy (non-hydrogen) atoms. The summed E-state index contributed by atoms with van der Waals surface area (Å²) in [6.07, 6.45) is 0.504. The Hall–Kier alpha value is -1.72. The molecule has 3 nitrogen and oxygen atoms in total. The first kappa shape index (κ1) is 17.6. The van der Waals surface area contributed by atoms with Gasteiger partial charge in [-0.3, -0.25) is 4.79 Å². The summed E-state index contributed by atoms with van der Waals surface area (Å²) < 4.78 is 14.5. The van der Waals surface area contributed by atoms with Crippen molar-refractivity contribution >= 4 is 21.8 Å². The third-order valence-electron chi connectivity index (χ3n) is 3.56. The van der Waals surface area contributed by atoms with Crippen molar-refractivity contribution in [3.8, 4) is 0 Å². The van der Waals surface area contributed by atoms with Crippen LogP contribution in [-0.2, 0) is 17.8 Å². The summed E-state index contributed by atoms with van der Waals surface area (Å²) in [4.78, 5) is 13.0. The zero-order chi connectivity index (χ0) is 16.7. The maximum absolute atomic E-state index is 13.5. The van der Waals surface area contributed by atoms with E-state index in [0.717, 1.165) is 15.9 Å². The molecule has 2 N–H and O–H groups in total. The van der Waals surface area contributed by atoms with Gasteiger partial charge in [-0.15, -0.1) is 0 Å². The second kappa shape index (κ2) is 8.79. The number of amides is 1. The standard InChI is InChI=1S/C18H20BrFN2O/c1-22(12-14-6-8-16(19)9-7-14)13-18(23)21-11-10-15-4-2-3-5-17(15)20/h2-9H,10-13H2,1H3,(H,21,23)/p+1. The van der Waals surface area contributed by atoms with E-state index in [-0.39, 0.29) is 11.7 Å². The minimum Gasteiger partial charge on any atom is -0.351 e. The molecule has 1 atom stereocenters. The lowest BCUT2D eigenvalue weighted by atomic mass is 10.1. The van der Waals surface area contributed by atoms with Crippen LogP contribution in [0, 0.1) is 5.82 Å². The zero-order valence-corrected chi connectivity index (χ0v) is 14.7. The van der Waals surface area contributed by atoms with Crippen LogP contribution in [0.25, 0.3) is 0 Å². The van der Waals surface area contributed by atoms with Gasteiger partial charge in [0.25, 0.3) is 5.91 Å². The van der Waals surface area contributed by atoms with Gasteiger partial charge in [0, 0.05) is 16.6 Å². The lowest BCUT2D eigenvalue weighted by Crippen LogP contribution is -3.08. The number of carbonyl (C=O) groups excluding carboxylic acids is 1. The first-order valence-corrected chi connectivity index (χ1v) is 8.40. The van der Waals surface area contributed by atoms with Gasteiger partial charge >= 0.3 is 0 Å². The topological polar surface area (TPSA) is 33.5 Å². The van der Waals surface area contributed by atoms with Gasteiger partial charge in [0.15, 0.2) is 6.54 Å². The van der Waals surface area contributed by atoms with Gasteiger partial charge in [-0.1, -0.05) is 46.3 Å². The van der Waals surface area contributed by atoms with Gasteiger partial charge in [0.1, 0.15) is 12.4 Å². The maximum atomic E-state index is 13.5. The van der Waals surface area contributed by atoms with E-state index in [1.54, 1.807) is 18.2 Å². The second-order valence-corrected chi connectivity index (χ2v) is 6.54. The Morgan fingerprint density at radius 2 is 1.87 bits per heavy atom. The molecule has 1 unspecified atom stereocenters. The average Bonchev–Trinajstić information content (AvgIpc) is 2.51. The molecule has 5 heteroatoms. The fraction of sp³-hybridized carbons (Fsp3) is 0.278. The first-order chi connectivity index (χ1) is 11.0. The molecule has 0 saturated carbocycles. The quantitative estimate of drug-likeness (QED) is 0.757. The zero-order valence-electron chi connectivity index (χ0n) is 13.1. The van der Waals surface area contributed by atoms with Crippen molar-refractivity contribution in [1.82, 2.24) is 5.32 Å². The fourth-order valence-corrected chi connectivity index (χ4v) is 2.65. The summed E-state index contributed by atoms with van der Waals surface area (Å²) in [6.45, 7) is 1.63. The highest BCUT2D eigenvalue weighted by molar-refractivity contribution is 9.10. The molecule has 0 fully saturated rings. The van der Waals surface area contributed by atoms with Crippen molar-refractivity contribution in [3.05, 3.63) is 69.9 Å². The summed E-state index contributed by atoms with van der Waals surface area (Å²) in [6, 6.07) is 14.7. The third-order valence-corrected chi connectivity index (χ3v) is 4.08. The number of benzene rings is 2. The van der Waals surface area contributed by atoms with Crippen LogP contribution in [0.15, 0.2) is 53.0 Å². The molecule has 0 aliphatic heterocycles. The molecule has 0 spiro atoms. The average molecular weight is 380 g/mol. The lowest BCUT2D eigenvalue weighted by Gasteiger charge is -2.14. The van der Waals surface area contributed by atoms with Gasteiger partial charge < -0.3 is 10.2 Å². The number of halogens is 2. The fourth-order valence-electron chi connectivity index (χ4n) is 2.39. The number of carbonyl (C=O) groups is 1. The van der Waals surface area contributed by atoms with Crippen molar-refractivity contribution in [2.75, 3.05) is 20.1 Å². The normalized spacial score (nSPS) is 12.0. The van der Waals surface area contributed by atoms with Crippen LogP contribution in [0.3, 0.4) is 0 Å². The van der Waals surface area contributed by atoms with Crippen molar-refractivity contribution in [2.45, 2.75) is 13.0 Å². The Morgan fingerprint density at radius 1 is 1.17 bits per heavy atom. The Bertz CT molecular complexity index is 646. The van der Waals surface area contributed by atoms with Crippen LogP contribution >= 0.6 is 15.9 Å². The Morgan fingerprint density at radius 3 is 2.57 bits per heavy atom. The van der Waals surface area contributed by atoms with Crippen molar-refractivity contribution < 1.29 is 14.1 Å². The lowest BCUT2D eigenvalue weighted by molar-refractivity contribution is -0.885. The van der Waals surface area contributed by atoms with Gasteiger partial charge in [-0.25, -0.2) is 4.39 Å². The van der Waals surface area contributed by atoms with Crippen LogP contribution < -0.4 is 10.2 Å². The van der Waals surface area contributed by atoms with E-state index in [9.17, 15) is 9.18 Å². The second-order valence-electron chi connectivity index (χ2n) is 5.63. The molecule has 2 aromatic carbocycles. The monoisotopic (exact) mass is 379 g/mol. The molecule has 0 heterocycles. The van der Waals surface area contributed by atoms with Crippen molar-refractivity contribution in [2.24, 2.45) is 0 Å². The minimum atomic E-state index is -0.222. The highest BCUT2D eigenvalue weighted by Crippen LogP contribution is 2.09. The SMILES string of the molecule is C[NH+](CC(=O)NCCc1ccccc1F)Cc1ccc(Br)cc1. The van der Waals surface area contributed by atoms with Crippen LogP contribution in [0.4, 0.5) is 4.39 Å². The number of hydrogen-bond donors (Lipinski definition) is 2. The highest BCUT2D eigenvalue weighted by atomic mass is 79.9. The summed E-state index contributed by atoms with van der Waals surface area (Å²) in [5.74, 6) is -0.240. The number of nitrogens with one attached hydrogen (secondary N) is 2. The van der Waals surface area contributed by atoms with Crippen LogP contribution in [0.2, 0.25) is 0 Å². The van der Waals surface area contributed by atoms with E-state index in [0.29, 0.717) is 25.1 Å². The van der Waals surface area contributed by atoms with E-state index in [1.807, 2.05) is 31.3 Å². The van der Waals surface area contributed by atoms with E-state index in [4.69, 9.17) is 0 Å². The Balaban J connectivity index is 1.71. The largest absolute Gasteiger partial charge is 0.351 e. The number of quaternary nitrogens is 1. The smallest absolute Gasteiger partial charge is 0.275 e. The van der Waals surface area contributed by atoms with E-state index in [2.05, 4.69) is 21.2 Å². The molecule has 2 rings (SSSR count). The molecule has 0 aromatic heterocycles. The van der Waals surface area contributed by atoms with E-state index >= 15 is 0 Å². The molecule has 0 aliphatic rings. The molecule has 122 valence electrons. The highest BCUT2D eigenvalue weighted by Gasteiger charge is 2.10. The summed E-state index contributed by atoms with van der Waals surface area (Å²) >= 11 is 3.41. The van der Waals surface area contributed by atoms with Crippen LogP contribution in [0.1, 0.15) is 11.1 Å². The molecular formula is C18H21BrFN2O+. The minimum absolute atomic E-state index is 0.0176. The van der Waals surface area contributed by atoms with Crippen LogP contribution in [0.5, 0.6) is 0 Å². The molecule has 0 saturated heterocycles. The van der Waals surface area contributed by atoms with Gasteiger partial charge in [0.05, 0.1) is 7.05 Å². The van der Waals surface area contributed by atoms with Crippen molar-refractivity contribution in [3.63, 3.8) is 0 Å². The molecule has 1 amide bonds. The van der Waals surface area contributed by atoms with Crippen LogP contribution in [-0.4, -0.2) is 26.0 Å². The molecule has 2 aromatic rings. The van der Waals surface area contributed by atoms with Gasteiger partial charge in [-0.2, -0.15) is 0 Å². The summed E-state index contributed by atoms with van der Waals surface area (Å²) in [5, 5.41) is 2.85.